The van der Waals surface area contributed by atoms with Crippen LogP contribution in [-0.4, -0.2) is 12.6 Å². The van der Waals surface area contributed by atoms with Gasteiger partial charge in [-0.25, -0.2) is 4.39 Å². The van der Waals surface area contributed by atoms with E-state index in [9.17, 15) is 4.39 Å². The first kappa shape index (κ1) is 13.6. The molecular formula is C16H18FNO. The molecule has 3 heteroatoms. The van der Waals surface area contributed by atoms with E-state index < -0.39 is 0 Å². The number of hydrogen-bond acceptors (Lipinski definition) is 2. The average Bonchev–Trinajstić information content (AvgIpc) is 2.83. The van der Waals surface area contributed by atoms with Gasteiger partial charge in [0.05, 0.1) is 5.56 Å². The van der Waals surface area contributed by atoms with Gasteiger partial charge in [0.25, 0.3) is 0 Å². The largest absolute Gasteiger partial charge is 0.457 e. The van der Waals surface area contributed by atoms with Gasteiger partial charge in [-0.2, -0.15) is 0 Å². The number of nitrogens with one attached hydrogen (secondary N) is 1. The summed E-state index contributed by atoms with van der Waals surface area (Å²) < 4.78 is 19.2. The van der Waals surface area contributed by atoms with Crippen LogP contribution in [0.3, 0.4) is 0 Å². The average molecular weight is 259 g/mol. The molecule has 100 valence electrons. The number of halogens is 1. The maximum absolute atomic E-state index is 13.6. The lowest BCUT2D eigenvalue weighted by atomic mass is 10.1. The van der Waals surface area contributed by atoms with Gasteiger partial charge >= 0.3 is 0 Å². The van der Waals surface area contributed by atoms with Crippen molar-refractivity contribution in [1.29, 1.82) is 0 Å². The van der Waals surface area contributed by atoms with E-state index in [1.54, 1.807) is 24.3 Å². The first-order valence-electron chi connectivity index (χ1n) is 6.41. The second-order valence-corrected chi connectivity index (χ2v) is 4.65. The van der Waals surface area contributed by atoms with E-state index in [-0.39, 0.29) is 5.82 Å². The predicted octanol–water partition coefficient (Wildman–Crippen LogP) is 4.10. The van der Waals surface area contributed by atoms with Gasteiger partial charge in [-0.15, -0.1) is 0 Å². The molecule has 19 heavy (non-hydrogen) atoms. The Labute approximate surface area is 112 Å². The summed E-state index contributed by atoms with van der Waals surface area (Å²) in [5.74, 6) is 1.01. The van der Waals surface area contributed by atoms with Crippen LogP contribution in [0.4, 0.5) is 4.39 Å². The molecule has 0 fully saturated rings. The van der Waals surface area contributed by atoms with Crippen molar-refractivity contribution in [1.82, 2.24) is 5.32 Å². The van der Waals surface area contributed by atoms with E-state index >= 15 is 0 Å². The monoisotopic (exact) mass is 259 g/mol. The lowest BCUT2D eigenvalue weighted by Crippen LogP contribution is -2.22. The molecule has 0 spiro atoms. The first-order chi connectivity index (χ1) is 9.16. The van der Waals surface area contributed by atoms with Crippen LogP contribution in [-0.2, 0) is 0 Å². The summed E-state index contributed by atoms with van der Waals surface area (Å²) >= 11 is 0. The zero-order valence-corrected chi connectivity index (χ0v) is 11.2. The molecule has 0 bridgehead atoms. The molecule has 1 aromatic heterocycles. The lowest BCUT2D eigenvalue weighted by molar-refractivity contribution is 0.560. The molecule has 0 aliphatic carbocycles. The van der Waals surface area contributed by atoms with E-state index in [1.165, 1.54) is 6.07 Å². The topological polar surface area (TPSA) is 25.2 Å². The molecule has 2 rings (SSSR count). The van der Waals surface area contributed by atoms with Crippen LogP contribution in [0, 0.1) is 5.82 Å². The molecule has 0 aliphatic heterocycles. The molecule has 0 aliphatic rings. The molecule has 0 amide bonds. The SMILES string of the molecule is CC(C)NCC=Cc1ccc(-c2ccccc2F)o1. The van der Waals surface area contributed by atoms with Crippen molar-refractivity contribution in [2.24, 2.45) is 0 Å². The third kappa shape index (κ3) is 3.80. The predicted molar refractivity (Wildman–Crippen MR) is 76.3 cm³/mol. The van der Waals surface area contributed by atoms with Gasteiger partial charge in [-0.05, 0) is 30.3 Å². The van der Waals surface area contributed by atoms with Gasteiger partial charge < -0.3 is 9.73 Å². The van der Waals surface area contributed by atoms with Gasteiger partial charge in [0.15, 0.2) is 0 Å². The first-order valence-corrected chi connectivity index (χ1v) is 6.41. The lowest BCUT2D eigenvalue weighted by Gasteiger charge is -2.02. The molecular weight excluding hydrogens is 241 g/mol. The summed E-state index contributed by atoms with van der Waals surface area (Å²) in [6.45, 7) is 4.97. The summed E-state index contributed by atoms with van der Waals surface area (Å²) in [5, 5.41) is 3.27. The highest BCUT2D eigenvalue weighted by atomic mass is 19.1. The van der Waals surface area contributed by atoms with Crippen LogP contribution >= 0.6 is 0 Å². The van der Waals surface area contributed by atoms with Crippen LogP contribution in [0.1, 0.15) is 19.6 Å². The molecule has 0 radical (unpaired) electrons. The number of rotatable bonds is 5. The molecule has 0 unspecified atom stereocenters. The van der Waals surface area contributed by atoms with Crippen LogP contribution in [0.25, 0.3) is 17.4 Å². The van der Waals surface area contributed by atoms with Crippen molar-refractivity contribution >= 4 is 6.08 Å². The molecule has 1 heterocycles. The highest BCUT2D eigenvalue weighted by Gasteiger charge is 2.07. The molecule has 1 N–H and O–H groups in total. The Hall–Kier alpha value is -1.87. The Morgan fingerprint density at radius 2 is 2.00 bits per heavy atom. The van der Waals surface area contributed by atoms with E-state index in [1.807, 2.05) is 18.2 Å². The van der Waals surface area contributed by atoms with Crippen molar-refractivity contribution in [3.63, 3.8) is 0 Å². The number of benzene rings is 1. The van der Waals surface area contributed by atoms with Crippen LogP contribution in [0.15, 0.2) is 46.9 Å². The smallest absolute Gasteiger partial charge is 0.137 e. The Morgan fingerprint density at radius 3 is 2.74 bits per heavy atom. The maximum atomic E-state index is 13.6. The number of hydrogen-bond donors (Lipinski definition) is 1. The van der Waals surface area contributed by atoms with Gasteiger partial charge in [-0.3, -0.25) is 0 Å². The quantitative estimate of drug-likeness (QED) is 0.874. The van der Waals surface area contributed by atoms with Crippen LogP contribution < -0.4 is 5.32 Å². The van der Waals surface area contributed by atoms with Crippen molar-refractivity contribution < 1.29 is 8.81 Å². The molecule has 2 aromatic rings. The van der Waals surface area contributed by atoms with E-state index in [0.717, 1.165) is 12.3 Å². The van der Waals surface area contributed by atoms with Gasteiger partial charge in [0, 0.05) is 12.6 Å². The zero-order valence-electron chi connectivity index (χ0n) is 11.2. The fourth-order valence-corrected chi connectivity index (χ4v) is 1.73. The standard InChI is InChI=1S/C16H18FNO/c1-12(2)18-11-5-6-13-9-10-16(19-13)14-7-3-4-8-15(14)17/h3-10,12,18H,11H2,1-2H3. The summed E-state index contributed by atoms with van der Waals surface area (Å²) in [6, 6.07) is 10.7. The van der Waals surface area contributed by atoms with Crippen molar-refractivity contribution in [2.45, 2.75) is 19.9 Å². The van der Waals surface area contributed by atoms with Crippen LogP contribution in [0.2, 0.25) is 0 Å². The number of furan rings is 1. The Bertz CT molecular complexity index is 557. The molecule has 1 aromatic carbocycles. The Morgan fingerprint density at radius 1 is 1.21 bits per heavy atom. The van der Waals surface area contributed by atoms with E-state index in [0.29, 0.717) is 17.4 Å². The molecule has 0 saturated carbocycles. The molecule has 2 nitrogen and oxygen atoms in total. The fraction of sp³-hybridized carbons (Fsp3) is 0.250. The fourth-order valence-electron chi connectivity index (χ4n) is 1.73. The second-order valence-electron chi connectivity index (χ2n) is 4.65. The zero-order chi connectivity index (χ0) is 13.7. The van der Waals surface area contributed by atoms with Gasteiger partial charge in [-0.1, -0.05) is 32.1 Å². The highest BCUT2D eigenvalue weighted by molar-refractivity contribution is 5.60. The normalized spacial score (nSPS) is 11.6. The van der Waals surface area contributed by atoms with Crippen LogP contribution in [0.5, 0.6) is 0 Å². The van der Waals surface area contributed by atoms with Gasteiger partial charge in [0.1, 0.15) is 17.3 Å². The van der Waals surface area contributed by atoms with Gasteiger partial charge in [0.2, 0.25) is 0 Å². The minimum Gasteiger partial charge on any atom is -0.457 e. The molecule has 0 atom stereocenters. The third-order valence-corrected chi connectivity index (χ3v) is 2.69. The third-order valence-electron chi connectivity index (χ3n) is 2.69. The summed E-state index contributed by atoms with van der Waals surface area (Å²) in [5.41, 5.74) is 0.488. The van der Waals surface area contributed by atoms with Crippen molar-refractivity contribution in [3.05, 3.63) is 54.1 Å². The summed E-state index contributed by atoms with van der Waals surface area (Å²) in [7, 11) is 0. The Kier molecular flexibility index (Phi) is 4.53. The summed E-state index contributed by atoms with van der Waals surface area (Å²) in [4.78, 5) is 0. The van der Waals surface area contributed by atoms with Crippen molar-refractivity contribution in [2.75, 3.05) is 6.54 Å². The second kappa shape index (κ2) is 6.34. The summed E-state index contributed by atoms with van der Waals surface area (Å²) in [6.07, 6.45) is 3.88. The van der Waals surface area contributed by atoms with E-state index in [4.69, 9.17) is 4.42 Å². The highest BCUT2D eigenvalue weighted by Crippen LogP contribution is 2.25. The minimum absolute atomic E-state index is 0.270. The molecule has 0 saturated heterocycles. The maximum Gasteiger partial charge on any atom is 0.137 e. The minimum atomic E-state index is -0.270. The van der Waals surface area contributed by atoms with Crippen molar-refractivity contribution in [3.8, 4) is 11.3 Å². The van der Waals surface area contributed by atoms with E-state index in [2.05, 4.69) is 19.2 Å². The Balaban J connectivity index is 2.05.